The van der Waals surface area contributed by atoms with Crippen molar-refractivity contribution in [2.24, 2.45) is 7.05 Å². The lowest BCUT2D eigenvalue weighted by atomic mass is 10.1. The summed E-state index contributed by atoms with van der Waals surface area (Å²) in [5.41, 5.74) is 0.965. The van der Waals surface area contributed by atoms with Gasteiger partial charge in [0.1, 0.15) is 11.9 Å². The number of imidazole rings is 1. The first-order chi connectivity index (χ1) is 10.3. The van der Waals surface area contributed by atoms with Crippen LogP contribution in [-0.2, 0) is 7.05 Å². The van der Waals surface area contributed by atoms with Gasteiger partial charge in [-0.2, -0.15) is 0 Å². The van der Waals surface area contributed by atoms with Crippen LogP contribution in [0.1, 0.15) is 28.0 Å². The molecular formula is C16H15N3O2. The van der Waals surface area contributed by atoms with Gasteiger partial charge in [-0.15, -0.1) is 0 Å². The highest BCUT2D eigenvalue weighted by Gasteiger charge is 2.22. The van der Waals surface area contributed by atoms with E-state index in [1.807, 2.05) is 48.1 Å². The van der Waals surface area contributed by atoms with Gasteiger partial charge in [0, 0.05) is 19.4 Å². The fourth-order valence-electron chi connectivity index (χ4n) is 2.21. The van der Waals surface area contributed by atoms with Gasteiger partial charge in [-0.3, -0.25) is 4.79 Å². The Hall–Kier alpha value is -2.82. The third-order valence-corrected chi connectivity index (χ3v) is 3.27. The van der Waals surface area contributed by atoms with Crippen LogP contribution in [0.15, 0.2) is 65.5 Å². The molecule has 1 atom stereocenters. The van der Waals surface area contributed by atoms with Gasteiger partial charge in [-0.1, -0.05) is 30.3 Å². The number of carbonyl (C=O) groups is 1. The van der Waals surface area contributed by atoms with E-state index in [9.17, 15) is 4.79 Å². The minimum absolute atomic E-state index is 0.267. The quantitative estimate of drug-likeness (QED) is 0.799. The predicted molar refractivity (Wildman–Crippen MR) is 77.7 cm³/mol. The molecule has 3 aromatic rings. The number of rotatable bonds is 4. The fourth-order valence-corrected chi connectivity index (χ4v) is 2.21. The number of hydrogen-bond acceptors (Lipinski definition) is 3. The second-order valence-corrected chi connectivity index (χ2v) is 4.69. The Morgan fingerprint density at radius 1 is 1.24 bits per heavy atom. The molecule has 0 aliphatic carbocycles. The summed E-state index contributed by atoms with van der Waals surface area (Å²) in [6, 6.07) is 12.7. The summed E-state index contributed by atoms with van der Waals surface area (Å²) < 4.78 is 7.03. The van der Waals surface area contributed by atoms with E-state index in [0.717, 1.165) is 11.4 Å². The molecule has 1 N–H and O–H groups in total. The van der Waals surface area contributed by atoms with Crippen LogP contribution in [0.25, 0.3) is 0 Å². The number of hydrogen-bond donors (Lipinski definition) is 1. The first kappa shape index (κ1) is 13.2. The largest absolute Gasteiger partial charge is 0.459 e. The second kappa shape index (κ2) is 5.66. The minimum atomic E-state index is -0.330. The average molecular weight is 281 g/mol. The number of carbonyl (C=O) groups excluding carboxylic acids is 1. The van der Waals surface area contributed by atoms with Crippen LogP contribution in [0.5, 0.6) is 0 Å². The maximum absolute atomic E-state index is 12.3. The van der Waals surface area contributed by atoms with Gasteiger partial charge >= 0.3 is 0 Å². The molecule has 0 spiro atoms. The first-order valence-corrected chi connectivity index (χ1v) is 6.62. The van der Waals surface area contributed by atoms with Gasteiger partial charge in [0.05, 0.1) is 6.26 Å². The van der Waals surface area contributed by atoms with Crippen molar-refractivity contribution in [1.29, 1.82) is 0 Å². The Morgan fingerprint density at radius 3 is 2.67 bits per heavy atom. The Bertz CT molecular complexity index is 717. The lowest BCUT2D eigenvalue weighted by molar-refractivity contribution is 0.0913. The van der Waals surface area contributed by atoms with Gasteiger partial charge < -0.3 is 14.3 Å². The van der Waals surface area contributed by atoms with Gasteiger partial charge in [0.25, 0.3) is 5.91 Å². The summed E-state index contributed by atoms with van der Waals surface area (Å²) in [7, 11) is 1.90. The molecule has 1 amide bonds. The number of aromatic nitrogens is 2. The lowest BCUT2D eigenvalue weighted by Gasteiger charge is -2.18. The molecule has 5 heteroatoms. The molecule has 2 aromatic heterocycles. The van der Waals surface area contributed by atoms with E-state index in [1.165, 1.54) is 6.26 Å². The molecule has 0 radical (unpaired) electrons. The molecule has 0 fully saturated rings. The van der Waals surface area contributed by atoms with Crippen LogP contribution in [0.3, 0.4) is 0 Å². The zero-order chi connectivity index (χ0) is 14.7. The van der Waals surface area contributed by atoms with E-state index >= 15 is 0 Å². The van der Waals surface area contributed by atoms with Crippen molar-refractivity contribution in [3.63, 3.8) is 0 Å². The lowest BCUT2D eigenvalue weighted by Crippen LogP contribution is -2.30. The highest BCUT2D eigenvalue weighted by molar-refractivity contribution is 5.91. The Labute approximate surface area is 122 Å². The van der Waals surface area contributed by atoms with Crippen molar-refractivity contribution in [1.82, 2.24) is 14.9 Å². The van der Waals surface area contributed by atoms with Gasteiger partial charge in [0.2, 0.25) is 0 Å². The van der Waals surface area contributed by atoms with Crippen LogP contribution < -0.4 is 5.32 Å². The minimum Gasteiger partial charge on any atom is -0.459 e. The molecule has 0 aliphatic heterocycles. The second-order valence-electron chi connectivity index (χ2n) is 4.69. The third kappa shape index (κ3) is 2.72. The molecule has 0 saturated carbocycles. The maximum atomic E-state index is 12.3. The molecule has 0 bridgehead atoms. The summed E-state index contributed by atoms with van der Waals surface area (Å²) in [5.74, 6) is 0.781. The van der Waals surface area contributed by atoms with E-state index in [4.69, 9.17) is 4.42 Å². The summed E-state index contributed by atoms with van der Waals surface area (Å²) >= 11 is 0. The number of nitrogens with one attached hydrogen (secondary N) is 1. The van der Waals surface area contributed by atoms with Crippen molar-refractivity contribution in [2.45, 2.75) is 6.04 Å². The highest BCUT2D eigenvalue weighted by atomic mass is 16.3. The SMILES string of the molecule is Cn1ccnc1C(NC(=O)c1ccco1)c1ccccc1. The number of nitrogens with zero attached hydrogens (tertiary/aromatic N) is 2. The predicted octanol–water partition coefficient (Wildman–Crippen LogP) is 2.53. The van der Waals surface area contributed by atoms with Gasteiger partial charge in [-0.25, -0.2) is 4.98 Å². The zero-order valence-corrected chi connectivity index (χ0v) is 11.6. The Morgan fingerprint density at radius 2 is 2.05 bits per heavy atom. The number of amides is 1. The summed E-state index contributed by atoms with van der Waals surface area (Å²) in [6.07, 6.45) is 5.04. The summed E-state index contributed by atoms with van der Waals surface area (Å²) in [6.45, 7) is 0. The molecule has 0 aliphatic rings. The van der Waals surface area contributed by atoms with Crippen molar-refractivity contribution >= 4 is 5.91 Å². The standard InChI is InChI=1S/C16H15N3O2/c1-19-10-9-17-15(19)14(12-6-3-2-4-7-12)18-16(20)13-8-5-11-21-13/h2-11,14H,1H3,(H,18,20). The van der Waals surface area contributed by atoms with E-state index in [1.54, 1.807) is 18.3 Å². The summed E-state index contributed by atoms with van der Waals surface area (Å²) in [5, 5.41) is 2.96. The van der Waals surface area contributed by atoms with E-state index in [2.05, 4.69) is 10.3 Å². The number of aryl methyl sites for hydroxylation is 1. The number of benzene rings is 1. The van der Waals surface area contributed by atoms with Gasteiger partial charge in [0.15, 0.2) is 5.76 Å². The topological polar surface area (TPSA) is 60.1 Å². The normalized spacial score (nSPS) is 12.0. The molecule has 106 valence electrons. The first-order valence-electron chi connectivity index (χ1n) is 6.62. The van der Waals surface area contributed by atoms with Crippen LogP contribution in [0, 0.1) is 0 Å². The fraction of sp³-hybridized carbons (Fsp3) is 0.125. The van der Waals surface area contributed by atoms with Crippen molar-refractivity contribution in [3.05, 3.63) is 78.3 Å². The van der Waals surface area contributed by atoms with Crippen LogP contribution in [-0.4, -0.2) is 15.5 Å². The maximum Gasteiger partial charge on any atom is 0.287 e. The smallest absolute Gasteiger partial charge is 0.287 e. The average Bonchev–Trinajstić information content (AvgIpc) is 3.17. The Balaban J connectivity index is 1.94. The summed E-state index contributed by atoms with van der Waals surface area (Å²) in [4.78, 5) is 16.6. The van der Waals surface area contributed by atoms with Crippen molar-refractivity contribution in [2.75, 3.05) is 0 Å². The molecule has 1 aromatic carbocycles. The number of furan rings is 1. The third-order valence-electron chi connectivity index (χ3n) is 3.27. The van der Waals surface area contributed by atoms with Crippen molar-refractivity contribution in [3.8, 4) is 0 Å². The van der Waals surface area contributed by atoms with Crippen molar-refractivity contribution < 1.29 is 9.21 Å². The molecular weight excluding hydrogens is 266 g/mol. The van der Waals surface area contributed by atoms with Crippen LogP contribution >= 0.6 is 0 Å². The molecule has 2 heterocycles. The molecule has 1 unspecified atom stereocenters. The zero-order valence-electron chi connectivity index (χ0n) is 11.6. The monoisotopic (exact) mass is 281 g/mol. The van der Waals surface area contributed by atoms with E-state index in [0.29, 0.717) is 0 Å². The van der Waals surface area contributed by atoms with E-state index < -0.39 is 0 Å². The highest BCUT2D eigenvalue weighted by Crippen LogP contribution is 2.20. The van der Waals surface area contributed by atoms with E-state index in [-0.39, 0.29) is 17.7 Å². The molecule has 0 saturated heterocycles. The molecule has 21 heavy (non-hydrogen) atoms. The van der Waals surface area contributed by atoms with Crippen LogP contribution in [0.2, 0.25) is 0 Å². The van der Waals surface area contributed by atoms with Gasteiger partial charge in [-0.05, 0) is 17.7 Å². The molecule has 3 rings (SSSR count). The Kier molecular flexibility index (Phi) is 3.55. The van der Waals surface area contributed by atoms with Crippen LogP contribution in [0.4, 0.5) is 0 Å². The molecule has 5 nitrogen and oxygen atoms in total.